The highest BCUT2D eigenvalue weighted by Crippen LogP contribution is 2.25. The van der Waals surface area contributed by atoms with E-state index >= 15 is 0 Å². The van der Waals surface area contributed by atoms with Crippen LogP contribution in [0.5, 0.6) is 0 Å². The number of anilines is 1. The lowest BCUT2D eigenvalue weighted by Gasteiger charge is -2.25. The van der Waals surface area contributed by atoms with Crippen LogP contribution in [0.1, 0.15) is 39.6 Å². The molecule has 0 aromatic heterocycles. The highest BCUT2D eigenvalue weighted by Gasteiger charge is 2.23. The number of amides is 1. The van der Waals surface area contributed by atoms with Crippen molar-refractivity contribution in [3.05, 3.63) is 64.2 Å². The summed E-state index contributed by atoms with van der Waals surface area (Å²) in [7, 11) is 0. The van der Waals surface area contributed by atoms with E-state index in [1.807, 2.05) is 0 Å². The maximum atomic E-state index is 12.8. The number of rotatable bonds is 3. The maximum absolute atomic E-state index is 12.8. The monoisotopic (exact) mass is 381 g/mol. The summed E-state index contributed by atoms with van der Waals surface area (Å²) in [5, 5.41) is 9.88. The van der Waals surface area contributed by atoms with Gasteiger partial charge in [-0.25, -0.2) is 0 Å². The molecule has 1 aliphatic rings. The molecular formula is C21H20ClN3O2. The molecule has 0 N–H and O–H groups in total. The van der Waals surface area contributed by atoms with E-state index in [2.05, 4.69) is 11.0 Å². The van der Waals surface area contributed by atoms with E-state index in [4.69, 9.17) is 11.6 Å². The molecule has 1 heterocycles. The van der Waals surface area contributed by atoms with Gasteiger partial charge in [0.1, 0.15) is 6.07 Å². The fourth-order valence-electron chi connectivity index (χ4n) is 3.27. The average Bonchev–Trinajstić information content (AvgIpc) is 2.93. The van der Waals surface area contributed by atoms with E-state index in [9.17, 15) is 14.9 Å². The molecule has 6 heteroatoms. The van der Waals surface area contributed by atoms with E-state index in [-0.39, 0.29) is 11.7 Å². The number of ketones is 1. The maximum Gasteiger partial charge on any atom is 0.255 e. The second kappa shape index (κ2) is 8.24. The molecule has 0 radical (unpaired) electrons. The lowest BCUT2D eigenvalue weighted by molar-refractivity contribution is 0.0767. The third kappa shape index (κ3) is 4.12. The Kier molecular flexibility index (Phi) is 5.78. The minimum Gasteiger partial charge on any atom is -0.369 e. The molecule has 1 saturated heterocycles. The number of nitrogens with zero attached hydrogens (tertiary/aromatic N) is 3. The smallest absolute Gasteiger partial charge is 0.255 e. The third-order valence-electron chi connectivity index (χ3n) is 4.75. The van der Waals surface area contributed by atoms with Crippen LogP contribution in [0.3, 0.4) is 0 Å². The topological polar surface area (TPSA) is 64.4 Å². The van der Waals surface area contributed by atoms with E-state index in [0.717, 1.165) is 12.1 Å². The molecule has 0 bridgehead atoms. The number of Topliss-reactive ketones (excluding diaryl/α,β-unsaturated/α-hetero) is 1. The first-order valence-electron chi connectivity index (χ1n) is 8.85. The predicted molar refractivity (Wildman–Crippen MR) is 105 cm³/mol. The van der Waals surface area contributed by atoms with Gasteiger partial charge in [-0.2, -0.15) is 5.26 Å². The van der Waals surface area contributed by atoms with Crippen LogP contribution in [0.25, 0.3) is 0 Å². The van der Waals surface area contributed by atoms with Crippen LogP contribution < -0.4 is 4.90 Å². The molecule has 27 heavy (non-hydrogen) atoms. The van der Waals surface area contributed by atoms with Crippen LogP contribution in [0.4, 0.5) is 5.69 Å². The van der Waals surface area contributed by atoms with Gasteiger partial charge in [-0.1, -0.05) is 23.7 Å². The Balaban J connectivity index is 1.80. The molecule has 1 aliphatic heterocycles. The van der Waals surface area contributed by atoms with Crippen molar-refractivity contribution in [1.82, 2.24) is 4.90 Å². The van der Waals surface area contributed by atoms with Gasteiger partial charge < -0.3 is 9.80 Å². The van der Waals surface area contributed by atoms with Crippen LogP contribution in [0, 0.1) is 11.3 Å². The summed E-state index contributed by atoms with van der Waals surface area (Å²) < 4.78 is 0. The number of nitriles is 1. The van der Waals surface area contributed by atoms with Gasteiger partial charge in [-0.3, -0.25) is 9.59 Å². The second-order valence-electron chi connectivity index (χ2n) is 6.51. The van der Waals surface area contributed by atoms with Gasteiger partial charge in [0, 0.05) is 31.7 Å². The molecule has 1 fully saturated rings. The van der Waals surface area contributed by atoms with Gasteiger partial charge in [-0.05, 0) is 43.7 Å². The van der Waals surface area contributed by atoms with Gasteiger partial charge in [-0.15, -0.1) is 0 Å². The van der Waals surface area contributed by atoms with Crippen molar-refractivity contribution < 1.29 is 9.59 Å². The summed E-state index contributed by atoms with van der Waals surface area (Å²) in [6.07, 6.45) is 0.769. The molecule has 0 aliphatic carbocycles. The van der Waals surface area contributed by atoms with Crippen LogP contribution in [-0.2, 0) is 0 Å². The summed E-state index contributed by atoms with van der Waals surface area (Å²) in [4.78, 5) is 28.4. The van der Waals surface area contributed by atoms with E-state index in [1.54, 1.807) is 47.4 Å². The molecule has 0 spiro atoms. The first-order chi connectivity index (χ1) is 13.0. The predicted octanol–water partition coefficient (Wildman–Crippen LogP) is 3.77. The number of carbonyl (C=O) groups excluding carboxylic acids is 2. The standard InChI is InChI=1S/C21H20ClN3O2/c1-15(26)16-7-8-17(14-23)20(13-16)24-9-4-10-25(12-11-24)21(27)18-5-2-3-6-19(18)22/h2-3,5-8,13H,4,9-12H2,1H3. The molecule has 2 aromatic carbocycles. The van der Waals surface area contributed by atoms with Crippen molar-refractivity contribution in [1.29, 1.82) is 5.26 Å². The van der Waals surface area contributed by atoms with Gasteiger partial charge in [0.15, 0.2) is 5.78 Å². The average molecular weight is 382 g/mol. The summed E-state index contributed by atoms with van der Waals surface area (Å²) in [6, 6.07) is 14.4. The Hall–Kier alpha value is -2.84. The Morgan fingerprint density at radius 1 is 1.07 bits per heavy atom. The van der Waals surface area contributed by atoms with Gasteiger partial charge >= 0.3 is 0 Å². The van der Waals surface area contributed by atoms with Crippen molar-refractivity contribution in [2.45, 2.75) is 13.3 Å². The SMILES string of the molecule is CC(=O)c1ccc(C#N)c(N2CCCN(C(=O)c3ccccc3Cl)CC2)c1. The van der Waals surface area contributed by atoms with Crippen molar-refractivity contribution in [2.75, 3.05) is 31.1 Å². The minimum absolute atomic E-state index is 0.0360. The minimum atomic E-state index is -0.0829. The van der Waals surface area contributed by atoms with Gasteiger partial charge in [0.05, 0.1) is 21.8 Å². The molecular weight excluding hydrogens is 362 g/mol. The molecule has 5 nitrogen and oxygen atoms in total. The Bertz CT molecular complexity index is 920. The Morgan fingerprint density at radius 2 is 1.85 bits per heavy atom. The molecule has 0 saturated carbocycles. The zero-order chi connectivity index (χ0) is 19.4. The molecule has 3 rings (SSSR count). The normalized spacial score (nSPS) is 14.4. The summed E-state index contributed by atoms with van der Waals surface area (Å²) >= 11 is 6.16. The van der Waals surface area contributed by atoms with Crippen molar-refractivity contribution in [3.8, 4) is 6.07 Å². The van der Waals surface area contributed by atoms with Crippen LogP contribution in [0.15, 0.2) is 42.5 Å². The van der Waals surface area contributed by atoms with Gasteiger partial charge in [0.25, 0.3) is 5.91 Å². The number of benzene rings is 2. The molecule has 0 unspecified atom stereocenters. The third-order valence-corrected chi connectivity index (χ3v) is 5.08. The lowest BCUT2D eigenvalue weighted by atomic mass is 10.1. The van der Waals surface area contributed by atoms with E-state index in [1.165, 1.54) is 6.92 Å². The first kappa shape index (κ1) is 18.9. The molecule has 138 valence electrons. The van der Waals surface area contributed by atoms with E-state index < -0.39 is 0 Å². The summed E-state index contributed by atoms with van der Waals surface area (Å²) in [5.74, 6) is -0.119. The molecule has 1 amide bonds. The summed E-state index contributed by atoms with van der Waals surface area (Å²) in [5.41, 5.74) is 2.37. The second-order valence-corrected chi connectivity index (χ2v) is 6.92. The van der Waals surface area contributed by atoms with E-state index in [0.29, 0.717) is 47.9 Å². The highest BCUT2D eigenvalue weighted by atomic mass is 35.5. The fraction of sp³-hybridized carbons (Fsp3) is 0.286. The van der Waals surface area contributed by atoms with Gasteiger partial charge in [0.2, 0.25) is 0 Å². The summed E-state index contributed by atoms with van der Waals surface area (Å²) in [6.45, 7) is 3.96. The number of carbonyl (C=O) groups is 2. The van der Waals surface area contributed by atoms with Crippen molar-refractivity contribution in [3.63, 3.8) is 0 Å². The van der Waals surface area contributed by atoms with Crippen LogP contribution >= 0.6 is 11.6 Å². The van der Waals surface area contributed by atoms with Crippen molar-refractivity contribution >= 4 is 29.0 Å². The number of hydrogen-bond donors (Lipinski definition) is 0. The number of halogens is 1. The number of hydrogen-bond acceptors (Lipinski definition) is 4. The van der Waals surface area contributed by atoms with Crippen LogP contribution in [-0.4, -0.2) is 42.8 Å². The van der Waals surface area contributed by atoms with Crippen LogP contribution in [0.2, 0.25) is 5.02 Å². The Morgan fingerprint density at radius 3 is 2.56 bits per heavy atom. The Labute approximate surface area is 163 Å². The highest BCUT2D eigenvalue weighted by molar-refractivity contribution is 6.33. The first-order valence-corrected chi connectivity index (χ1v) is 9.23. The zero-order valence-corrected chi connectivity index (χ0v) is 15.9. The quantitative estimate of drug-likeness (QED) is 0.759. The van der Waals surface area contributed by atoms with Crippen molar-refractivity contribution in [2.24, 2.45) is 0 Å². The lowest BCUT2D eigenvalue weighted by Crippen LogP contribution is -2.35. The molecule has 0 atom stereocenters. The fourth-order valence-corrected chi connectivity index (χ4v) is 3.49. The zero-order valence-electron chi connectivity index (χ0n) is 15.1. The molecule has 2 aromatic rings. The largest absolute Gasteiger partial charge is 0.369 e.